The van der Waals surface area contributed by atoms with Gasteiger partial charge in [-0.2, -0.15) is 0 Å². The SMILES string of the molecule is CC(C)(C)[Si](OC[C@H](O)CCl)(c1ccccc1)c1ccccc1. The van der Waals surface area contributed by atoms with E-state index in [1.807, 2.05) is 36.4 Å². The Kier molecular flexibility index (Phi) is 6.04. The molecule has 0 saturated carbocycles. The molecule has 0 amide bonds. The van der Waals surface area contributed by atoms with Crippen LogP contribution in [0.1, 0.15) is 20.8 Å². The number of hydrogen-bond donors (Lipinski definition) is 1. The van der Waals surface area contributed by atoms with Crippen molar-refractivity contribution in [3.63, 3.8) is 0 Å². The molecule has 0 aliphatic carbocycles. The number of halogens is 1. The molecule has 0 heterocycles. The summed E-state index contributed by atoms with van der Waals surface area (Å²) in [5, 5.41) is 12.3. The lowest BCUT2D eigenvalue weighted by Crippen LogP contribution is -2.67. The van der Waals surface area contributed by atoms with Gasteiger partial charge in [0, 0.05) is 0 Å². The second-order valence-electron chi connectivity index (χ2n) is 6.78. The van der Waals surface area contributed by atoms with Gasteiger partial charge in [-0.3, -0.25) is 0 Å². The van der Waals surface area contributed by atoms with E-state index < -0.39 is 14.4 Å². The summed E-state index contributed by atoms with van der Waals surface area (Å²) in [4.78, 5) is 0. The summed E-state index contributed by atoms with van der Waals surface area (Å²) < 4.78 is 6.52. The van der Waals surface area contributed by atoms with Crippen LogP contribution in [-0.4, -0.2) is 32.0 Å². The number of hydrogen-bond acceptors (Lipinski definition) is 2. The lowest BCUT2D eigenvalue weighted by atomic mass is 10.2. The van der Waals surface area contributed by atoms with Crippen molar-refractivity contribution in [2.45, 2.75) is 31.9 Å². The number of alkyl halides is 1. The van der Waals surface area contributed by atoms with Gasteiger partial charge < -0.3 is 9.53 Å². The van der Waals surface area contributed by atoms with Crippen LogP contribution in [0.25, 0.3) is 0 Å². The fourth-order valence-electron chi connectivity index (χ4n) is 3.03. The minimum Gasteiger partial charge on any atom is -0.405 e. The van der Waals surface area contributed by atoms with Gasteiger partial charge >= 0.3 is 0 Å². The van der Waals surface area contributed by atoms with Crippen molar-refractivity contribution in [3.8, 4) is 0 Å². The van der Waals surface area contributed by atoms with E-state index in [1.165, 1.54) is 10.4 Å². The molecule has 0 bridgehead atoms. The first-order valence-corrected chi connectivity index (χ1v) is 10.3. The first-order chi connectivity index (χ1) is 10.9. The highest BCUT2D eigenvalue weighted by Gasteiger charge is 2.50. The molecule has 4 heteroatoms. The van der Waals surface area contributed by atoms with Crippen LogP contribution in [0, 0.1) is 0 Å². The third-order valence-corrected chi connectivity index (χ3v) is 9.45. The molecule has 1 atom stereocenters. The third-order valence-electron chi connectivity index (χ3n) is 4.09. The average molecular weight is 349 g/mol. The number of rotatable bonds is 6. The molecule has 0 radical (unpaired) electrons. The fourth-order valence-corrected chi connectivity index (χ4v) is 7.71. The Balaban J connectivity index is 2.60. The van der Waals surface area contributed by atoms with Crippen molar-refractivity contribution < 1.29 is 9.53 Å². The molecular formula is C19H25ClO2Si. The summed E-state index contributed by atoms with van der Waals surface area (Å²) in [7, 11) is -2.55. The molecule has 2 aromatic rings. The molecule has 23 heavy (non-hydrogen) atoms. The zero-order valence-electron chi connectivity index (χ0n) is 14.0. The minimum absolute atomic E-state index is 0.0816. The maximum absolute atomic E-state index is 9.95. The van der Waals surface area contributed by atoms with E-state index in [0.717, 1.165) is 0 Å². The van der Waals surface area contributed by atoms with Crippen LogP contribution in [0.3, 0.4) is 0 Å². The standard InChI is InChI=1S/C19H25ClO2Si/c1-19(2,3)23(22-15-16(21)14-20,17-10-6-4-7-11-17)18-12-8-5-9-13-18/h4-13,16,21H,14-15H2,1-3H3/t16-/m1/s1. The van der Waals surface area contributed by atoms with Gasteiger partial charge in [0.05, 0.1) is 18.6 Å². The normalized spacial score (nSPS) is 13.8. The second-order valence-corrected chi connectivity index (χ2v) is 11.4. The van der Waals surface area contributed by atoms with Gasteiger partial charge in [-0.1, -0.05) is 81.4 Å². The Morgan fingerprint density at radius 1 is 0.957 bits per heavy atom. The summed E-state index contributed by atoms with van der Waals surface area (Å²) in [6, 6.07) is 20.8. The molecule has 2 rings (SSSR count). The van der Waals surface area contributed by atoms with Crippen LogP contribution in [0.5, 0.6) is 0 Å². The summed E-state index contributed by atoms with van der Waals surface area (Å²) in [5.74, 6) is 0.179. The predicted octanol–water partition coefficient (Wildman–Crippen LogP) is 3.16. The van der Waals surface area contributed by atoms with E-state index in [2.05, 4.69) is 45.0 Å². The Hall–Kier alpha value is -1.13. The summed E-state index contributed by atoms with van der Waals surface area (Å²) in [6.45, 7) is 6.89. The highest BCUT2D eigenvalue weighted by atomic mass is 35.5. The van der Waals surface area contributed by atoms with Gasteiger partial charge in [0.15, 0.2) is 0 Å². The molecule has 0 fully saturated rings. The summed E-state index contributed by atoms with van der Waals surface area (Å²) in [5.41, 5.74) is 0. The first-order valence-electron chi connectivity index (χ1n) is 7.91. The second kappa shape index (κ2) is 7.62. The molecule has 0 spiro atoms. The lowest BCUT2D eigenvalue weighted by Gasteiger charge is -2.43. The predicted molar refractivity (Wildman–Crippen MR) is 100 cm³/mol. The van der Waals surface area contributed by atoms with E-state index in [4.69, 9.17) is 16.0 Å². The molecule has 0 aliphatic heterocycles. The Labute approximate surface area is 145 Å². The third kappa shape index (κ3) is 3.86. The van der Waals surface area contributed by atoms with Crippen LogP contribution < -0.4 is 10.4 Å². The van der Waals surface area contributed by atoms with Crippen molar-refractivity contribution in [3.05, 3.63) is 60.7 Å². The van der Waals surface area contributed by atoms with E-state index >= 15 is 0 Å². The van der Waals surface area contributed by atoms with E-state index in [-0.39, 0.29) is 17.5 Å². The first kappa shape index (κ1) is 18.2. The van der Waals surface area contributed by atoms with E-state index in [1.54, 1.807) is 0 Å². The van der Waals surface area contributed by atoms with Crippen LogP contribution in [0.15, 0.2) is 60.7 Å². The van der Waals surface area contributed by atoms with Crippen molar-refractivity contribution in [1.29, 1.82) is 0 Å². The van der Waals surface area contributed by atoms with Gasteiger partial charge in [0.1, 0.15) is 0 Å². The van der Waals surface area contributed by atoms with Gasteiger partial charge in [-0.25, -0.2) is 0 Å². The summed E-state index contributed by atoms with van der Waals surface area (Å²) >= 11 is 5.77. The van der Waals surface area contributed by atoms with Crippen molar-refractivity contribution in [2.24, 2.45) is 0 Å². The smallest absolute Gasteiger partial charge is 0.261 e. The Morgan fingerprint density at radius 3 is 1.74 bits per heavy atom. The molecule has 0 saturated heterocycles. The van der Waals surface area contributed by atoms with Gasteiger partial charge in [0.25, 0.3) is 8.32 Å². The molecule has 2 aromatic carbocycles. The highest BCUT2D eigenvalue weighted by Crippen LogP contribution is 2.36. The van der Waals surface area contributed by atoms with Gasteiger partial charge in [-0.15, -0.1) is 11.6 Å². The minimum atomic E-state index is -2.55. The zero-order chi connectivity index (χ0) is 16.9. The Morgan fingerprint density at radius 2 is 1.39 bits per heavy atom. The zero-order valence-corrected chi connectivity index (χ0v) is 15.8. The number of benzene rings is 2. The van der Waals surface area contributed by atoms with Gasteiger partial charge in [-0.05, 0) is 15.4 Å². The van der Waals surface area contributed by atoms with Crippen molar-refractivity contribution in [1.82, 2.24) is 0 Å². The van der Waals surface area contributed by atoms with Crippen molar-refractivity contribution >= 4 is 30.3 Å². The quantitative estimate of drug-likeness (QED) is 0.642. The monoisotopic (exact) mass is 348 g/mol. The maximum Gasteiger partial charge on any atom is 0.261 e. The largest absolute Gasteiger partial charge is 0.405 e. The van der Waals surface area contributed by atoms with Gasteiger partial charge in [0.2, 0.25) is 0 Å². The Bertz CT molecular complexity index is 556. The molecular weight excluding hydrogens is 324 g/mol. The fraction of sp³-hybridized carbons (Fsp3) is 0.368. The van der Waals surface area contributed by atoms with Crippen LogP contribution in [0.4, 0.5) is 0 Å². The van der Waals surface area contributed by atoms with Crippen molar-refractivity contribution in [2.75, 3.05) is 12.5 Å². The number of aliphatic hydroxyl groups excluding tert-OH is 1. The maximum atomic E-state index is 9.95. The average Bonchev–Trinajstić information content (AvgIpc) is 2.56. The molecule has 1 N–H and O–H groups in total. The van der Waals surface area contributed by atoms with Crippen LogP contribution >= 0.6 is 11.6 Å². The highest BCUT2D eigenvalue weighted by molar-refractivity contribution is 6.99. The molecule has 0 aliphatic rings. The molecule has 0 unspecified atom stereocenters. The topological polar surface area (TPSA) is 29.5 Å². The molecule has 2 nitrogen and oxygen atoms in total. The van der Waals surface area contributed by atoms with E-state index in [9.17, 15) is 5.11 Å². The summed E-state index contributed by atoms with van der Waals surface area (Å²) in [6.07, 6.45) is -0.654. The van der Waals surface area contributed by atoms with E-state index in [0.29, 0.717) is 0 Å². The van der Waals surface area contributed by atoms with Crippen LogP contribution in [0.2, 0.25) is 5.04 Å². The number of aliphatic hydroxyl groups is 1. The lowest BCUT2D eigenvalue weighted by molar-refractivity contribution is 0.120. The molecule has 124 valence electrons. The molecule has 0 aromatic heterocycles. The van der Waals surface area contributed by atoms with Crippen LogP contribution in [-0.2, 0) is 4.43 Å².